The van der Waals surface area contributed by atoms with Crippen molar-refractivity contribution in [1.29, 1.82) is 0 Å². The van der Waals surface area contributed by atoms with Gasteiger partial charge in [0.2, 0.25) is 0 Å². The predicted molar refractivity (Wildman–Crippen MR) is 122 cm³/mol. The number of benzene rings is 3. The molecule has 0 unspecified atom stereocenters. The van der Waals surface area contributed by atoms with Gasteiger partial charge in [-0.2, -0.15) is 0 Å². The van der Waals surface area contributed by atoms with Gasteiger partial charge in [-0.3, -0.25) is 0 Å². The highest BCUT2D eigenvalue weighted by Gasteiger charge is 2.50. The number of anilines is 1. The van der Waals surface area contributed by atoms with Crippen LogP contribution in [-0.2, 0) is 9.47 Å². The summed E-state index contributed by atoms with van der Waals surface area (Å²) in [6.07, 6.45) is -0.528. The minimum atomic E-state index is -0.292. The van der Waals surface area contributed by atoms with Crippen LogP contribution in [0.3, 0.4) is 0 Å². The van der Waals surface area contributed by atoms with E-state index < -0.39 is 0 Å². The fourth-order valence-corrected chi connectivity index (χ4v) is 4.67. The van der Waals surface area contributed by atoms with Crippen molar-refractivity contribution < 1.29 is 14.3 Å². The van der Waals surface area contributed by atoms with Gasteiger partial charge >= 0.3 is 6.03 Å². The topological polar surface area (TPSA) is 103 Å². The average Bonchev–Trinajstić information content (AvgIpc) is 3.57. The molecular weight excluding hydrogens is 420 g/mol. The number of hydrogen-bond donors (Lipinski definition) is 2. The molecule has 2 fully saturated rings. The van der Waals surface area contributed by atoms with Crippen LogP contribution in [0.25, 0.3) is 22.2 Å². The molecule has 0 aliphatic carbocycles. The van der Waals surface area contributed by atoms with Gasteiger partial charge < -0.3 is 20.1 Å². The maximum absolute atomic E-state index is 12.8. The molecule has 0 spiro atoms. The van der Waals surface area contributed by atoms with E-state index in [0.717, 1.165) is 22.0 Å². The zero-order valence-electron chi connectivity index (χ0n) is 17.7. The first kappa shape index (κ1) is 19.8. The van der Waals surface area contributed by atoms with Gasteiger partial charge in [0.25, 0.3) is 0 Å². The van der Waals surface area contributed by atoms with Crippen LogP contribution >= 0.6 is 0 Å². The number of ether oxygens (including phenoxy) is 2. The van der Waals surface area contributed by atoms with Crippen molar-refractivity contribution in [3.8, 4) is 11.4 Å². The van der Waals surface area contributed by atoms with E-state index in [1.165, 1.54) is 0 Å². The van der Waals surface area contributed by atoms with Crippen LogP contribution in [0.5, 0.6) is 0 Å². The fraction of sp³-hybridized carbons (Fsp3) is 0.250. The second-order valence-corrected chi connectivity index (χ2v) is 8.21. The zero-order chi connectivity index (χ0) is 22.2. The minimum Gasteiger partial charge on any atom is -0.371 e. The summed E-state index contributed by atoms with van der Waals surface area (Å²) in [6.45, 7) is 0.765. The average molecular weight is 442 g/mol. The number of rotatable bonds is 4. The summed E-state index contributed by atoms with van der Waals surface area (Å²) in [4.78, 5) is 12.8. The molecule has 2 aliphatic heterocycles. The number of tetrazole rings is 1. The smallest absolute Gasteiger partial charge is 0.319 e. The molecule has 2 amide bonds. The fourth-order valence-electron chi connectivity index (χ4n) is 4.67. The van der Waals surface area contributed by atoms with E-state index in [0.29, 0.717) is 19.0 Å². The Morgan fingerprint density at radius 1 is 0.909 bits per heavy atom. The summed E-state index contributed by atoms with van der Waals surface area (Å²) in [5.74, 6) is 0.665. The van der Waals surface area contributed by atoms with Crippen LogP contribution in [-0.4, -0.2) is 57.7 Å². The molecule has 33 heavy (non-hydrogen) atoms. The van der Waals surface area contributed by atoms with E-state index in [-0.39, 0.29) is 30.3 Å². The first-order chi connectivity index (χ1) is 16.3. The Kier molecular flexibility index (Phi) is 4.97. The highest BCUT2D eigenvalue weighted by Crippen LogP contribution is 2.35. The Bertz CT molecular complexity index is 1290. The molecule has 1 aromatic heterocycles. The van der Waals surface area contributed by atoms with Crippen molar-refractivity contribution >= 4 is 22.5 Å². The summed E-state index contributed by atoms with van der Waals surface area (Å²) < 4.78 is 13.9. The summed E-state index contributed by atoms with van der Waals surface area (Å²) >= 11 is 0. The highest BCUT2D eigenvalue weighted by atomic mass is 16.6. The van der Waals surface area contributed by atoms with Gasteiger partial charge in [0.15, 0.2) is 5.82 Å². The van der Waals surface area contributed by atoms with Crippen LogP contribution in [0, 0.1) is 0 Å². The highest BCUT2D eigenvalue weighted by molar-refractivity contribution is 6.01. The van der Waals surface area contributed by atoms with Crippen molar-refractivity contribution in [3.05, 3.63) is 72.8 Å². The van der Waals surface area contributed by atoms with E-state index in [2.05, 4.69) is 26.2 Å². The monoisotopic (exact) mass is 442 g/mol. The summed E-state index contributed by atoms with van der Waals surface area (Å²) in [5, 5.41) is 20.3. The molecule has 3 aromatic carbocycles. The summed E-state index contributed by atoms with van der Waals surface area (Å²) in [5.41, 5.74) is 1.68. The first-order valence-electron chi connectivity index (χ1n) is 10.9. The second-order valence-electron chi connectivity index (χ2n) is 8.21. The lowest BCUT2D eigenvalue weighted by atomic mass is 10.1. The molecule has 166 valence electrons. The summed E-state index contributed by atoms with van der Waals surface area (Å²) in [6, 6.07) is 22.8. The third kappa shape index (κ3) is 3.61. The van der Waals surface area contributed by atoms with E-state index in [1.807, 2.05) is 72.8 Å². The molecular formula is C24H22N6O3. The van der Waals surface area contributed by atoms with Crippen LogP contribution < -0.4 is 10.6 Å². The SMILES string of the molecule is O=C(Nc1cccc2ccccc12)N[C@H]1CO[C@H]2[C@H]1OC[C@H]2n1nnnc1-c1ccccc1. The maximum Gasteiger partial charge on any atom is 0.319 e. The Labute approximate surface area is 189 Å². The number of amides is 2. The quantitative estimate of drug-likeness (QED) is 0.504. The van der Waals surface area contributed by atoms with E-state index in [9.17, 15) is 4.79 Å². The molecule has 9 nitrogen and oxygen atoms in total. The predicted octanol–water partition coefficient (Wildman–Crippen LogP) is 3.02. The third-order valence-electron chi connectivity index (χ3n) is 6.22. The summed E-state index contributed by atoms with van der Waals surface area (Å²) in [7, 11) is 0. The molecule has 3 heterocycles. The van der Waals surface area contributed by atoms with Crippen LogP contribution in [0.15, 0.2) is 72.8 Å². The van der Waals surface area contributed by atoms with Gasteiger partial charge in [-0.1, -0.05) is 66.7 Å². The van der Waals surface area contributed by atoms with Crippen molar-refractivity contribution in [1.82, 2.24) is 25.5 Å². The van der Waals surface area contributed by atoms with Crippen molar-refractivity contribution in [3.63, 3.8) is 0 Å². The van der Waals surface area contributed by atoms with Gasteiger partial charge in [-0.05, 0) is 21.9 Å². The number of carbonyl (C=O) groups is 1. The Morgan fingerprint density at radius 2 is 1.70 bits per heavy atom. The van der Waals surface area contributed by atoms with Gasteiger partial charge in [0.1, 0.15) is 18.2 Å². The van der Waals surface area contributed by atoms with E-state index in [1.54, 1.807) is 4.68 Å². The van der Waals surface area contributed by atoms with Crippen molar-refractivity contribution in [2.45, 2.75) is 24.3 Å². The van der Waals surface area contributed by atoms with E-state index >= 15 is 0 Å². The number of fused-ring (bicyclic) bond motifs is 2. The van der Waals surface area contributed by atoms with Crippen molar-refractivity contribution in [2.24, 2.45) is 0 Å². The van der Waals surface area contributed by atoms with Crippen LogP contribution in [0.4, 0.5) is 10.5 Å². The number of hydrogen-bond acceptors (Lipinski definition) is 6. The lowest BCUT2D eigenvalue weighted by Crippen LogP contribution is -2.45. The van der Waals surface area contributed by atoms with Crippen LogP contribution in [0.1, 0.15) is 6.04 Å². The van der Waals surface area contributed by atoms with Crippen molar-refractivity contribution in [2.75, 3.05) is 18.5 Å². The molecule has 0 radical (unpaired) electrons. The lowest BCUT2D eigenvalue weighted by molar-refractivity contribution is 0.0624. The standard InChI is InChI=1S/C24H22N6O3/c31-24(25-18-12-6-10-15-7-4-5-11-17(15)18)26-19-13-32-22-20(14-33-21(19)22)30-23(27-28-29-30)16-8-2-1-3-9-16/h1-12,19-22H,13-14H2,(H2,25,26,31)/t19-,20+,21-,22+/m0/s1. The number of nitrogens with one attached hydrogen (secondary N) is 2. The normalized spacial score (nSPS) is 24.0. The molecule has 9 heteroatoms. The molecule has 2 N–H and O–H groups in total. The van der Waals surface area contributed by atoms with E-state index in [4.69, 9.17) is 9.47 Å². The zero-order valence-corrected chi connectivity index (χ0v) is 17.7. The molecule has 0 bridgehead atoms. The molecule has 2 aliphatic rings. The molecule has 6 rings (SSSR count). The Morgan fingerprint density at radius 3 is 2.61 bits per heavy atom. The largest absolute Gasteiger partial charge is 0.371 e. The van der Waals surface area contributed by atoms with Gasteiger partial charge in [-0.15, -0.1) is 5.10 Å². The van der Waals surface area contributed by atoms with Crippen LogP contribution in [0.2, 0.25) is 0 Å². The Hall–Kier alpha value is -3.82. The number of urea groups is 1. The molecule has 2 saturated heterocycles. The number of aromatic nitrogens is 4. The molecule has 4 aromatic rings. The molecule has 4 atom stereocenters. The van der Waals surface area contributed by atoms with Gasteiger partial charge in [0.05, 0.1) is 24.9 Å². The lowest BCUT2D eigenvalue weighted by Gasteiger charge is -2.19. The third-order valence-corrected chi connectivity index (χ3v) is 6.22. The second kappa shape index (κ2) is 8.27. The number of carbonyl (C=O) groups excluding carboxylic acids is 1. The number of nitrogens with zero attached hydrogens (tertiary/aromatic N) is 4. The first-order valence-corrected chi connectivity index (χ1v) is 10.9. The minimum absolute atomic E-state index is 0.173. The molecule has 0 saturated carbocycles. The van der Waals surface area contributed by atoms with Gasteiger partial charge in [-0.25, -0.2) is 9.48 Å². The maximum atomic E-state index is 12.8. The van der Waals surface area contributed by atoms with Gasteiger partial charge in [0, 0.05) is 10.9 Å². The Balaban J connectivity index is 1.16.